The van der Waals surface area contributed by atoms with Crippen molar-refractivity contribution >= 4 is 15.7 Å². The standard InChI is InChI=1S/C24H34N4O2S/c1-18-5-7-22(15-19(18)2)31(29,30)25-17-24(28-13-11-26(3)12-14-28)20-6-8-23-21(16-20)9-10-27(23)4/h5-8,15-16,24-25H,9-14,17H2,1-4H3/t24-/m0/s1. The molecule has 1 N–H and O–H groups in total. The van der Waals surface area contributed by atoms with Crippen LogP contribution in [0.3, 0.4) is 0 Å². The number of anilines is 1. The predicted octanol–water partition coefficient (Wildman–Crippen LogP) is 2.56. The predicted molar refractivity (Wildman–Crippen MR) is 126 cm³/mol. The largest absolute Gasteiger partial charge is 0.374 e. The van der Waals surface area contributed by atoms with Crippen LogP contribution in [0.4, 0.5) is 5.69 Å². The number of fused-ring (bicyclic) bond motifs is 1. The third-order valence-electron chi connectivity index (χ3n) is 6.85. The molecule has 2 aliphatic rings. The molecular formula is C24H34N4O2S. The van der Waals surface area contributed by atoms with Crippen LogP contribution in [-0.2, 0) is 16.4 Å². The first-order chi connectivity index (χ1) is 14.7. The third kappa shape index (κ3) is 4.80. The van der Waals surface area contributed by atoms with Gasteiger partial charge in [-0.05, 0) is 67.8 Å². The van der Waals surface area contributed by atoms with Crippen LogP contribution in [0.5, 0.6) is 0 Å². The lowest BCUT2D eigenvalue weighted by molar-refractivity contribution is 0.113. The maximum Gasteiger partial charge on any atom is 0.240 e. The molecule has 0 bridgehead atoms. The fourth-order valence-corrected chi connectivity index (χ4v) is 5.66. The minimum absolute atomic E-state index is 0.0197. The minimum atomic E-state index is -3.57. The average Bonchev–Trinajstić information content (AvgIpc) is 3.11. The highest BCUT2D eigenvalue weighted by atomic mass is 32.2. The molecule has 4 rings (SSSR count). The third-order valence-corrected chi connectivity index (χ3v) is 8.27. The molecule has 1 saturated heterocycles. The molecule has 0 aromatic heterocycles. The fraction of sp³-hybridized carbons (Fsp3) is 0.500. The number of hydrogen-bond donors (Lipinski definition) is 1. The van der Waals surface area contributed by atoms with Gasteiger partial charge >= 0.3 is 0 Å². The van der Waals surface area contributed by atoms with Gasteiger partial charge in [0.05, 0.1) is 4.90 Å². The SMILES string of the molecule is Cc1ccc(S(=O)(=O)NC[C@@H](c2ccc3c(c2)CCN3C)N2CCN(C)CC2)cc1C. The summed E-state index contributed by atoms with van der Waals surface area (Å²) in [5, 5.41) is 0. The zero-order valence-electron chi connectivity index (χ0n) is 19.1. The first-order valence-electron chi connectivity index (χ1n) is 11.1. The Hall–Kier alpha value is -1.93. The van der Waals surface area contributed by atoms with E-state index in [1.165, 1.54) is 16.8 Å². The van der Waals surface area contributed by atoms with E-state index in [0.29, 0.717) is 11.4 Å². The molecule has 7 heteroatoms. The Balaban J connectivity index is 1.58. The molecule has 0 aliphatic carbocycles. The topological polar surface area (TPSA) is 55.9 Å². The molecule has 1 fully saturated rings. The Bertz CT molecular complexity index is 1050. The summed E-state index contributed by atoms with van der Waals surface area (Å²) in [5.74, 6) is 0. The molecular weight excluding hydrogens is 408 g/mol. The highest BCUT2D eigenvalue weighted by Gasteiger charge is 2.27. The van der Waals surface area contributed by atoms with Gasteiger partial charge in [-0.3, -0.25) is 4.90 Å². The van der Waals surface area contributed by atoms with Gasteiger partial charge in [0, 0.05) is 58.0 Å². The zero-order chi connectivity index (χ0) is 22.2. The van der Waals surface area contributed by atoms with E-state index in [0.717, 1.165) is 50.3 Å². The van der Waals surface area contributed by atoms with Crippen molar-refractivity contribution < 1.29 is 8.42 Å². The van der Waals surface area contributed by atoms with Crippen molar-refractivity contribution in [1.82, 2.24) is 14.5 Å². The Labute approximate surface area is 186 Å². The Kier molecular flexibility index (Phi) is 6.40. The zero-order valence-corrected chi connectivity index (χ0v) is 19.9. The quantitative estimate of drug-likeness (QED) is 0.745. The number of likely N-dealkylation sites (N-methyl/N-ethyl adjacent to an activating group) is 2. The summed E-state index contributed by atoms with van der Waals surface area (Å²) < 4.78 is 29.0. The summed E-state index contributed by atoms with van der Waals surface area (Å²) in [5.41, 5.74) is 5.92. The summed E-state index contributed by atoms with van der Waals surface area (Å²) in [6.45, 7) is 9.21. The van der Waals surface area contributed by atoms with Crippen LogP contribution in [0.25, 0.3) is 0 Å². The van der Waals surface area contributed by atoms with Crippen molar-refractivity contribution in [2.24, 2.45) is 0 Å². The van der Waals surface area contributed by atoms with Crippen LogP contribution < -0.4 is 9.62 Å². The molecule has 0 radical (unpaired) electrons. The first kappa shape index (κ1) is 22.3. The number of nitrogens with one attached hydrogen (secondary N) is 1. The number of hydrogen-bond acceptors (Lipinski definition) is 5. The van der Waals surface area contributed by atoms with Crippen molar-refractivity contribution in [3.8, 4) is 0 Å². The van der Waals surface area contributed by atoms with Gasteiger partial charge in [-0.2, -0.15) is 0 Å². The van der Waals surface area contributed by atoms with Crippen LogP contribution in [0, 0.1) is 13.8 Å². The number of nitrogens with zero attached hydrogens (tertiary/aromatic N) is 3. The molecule has 2 aromatic carbocycles. The number of rotatable bonds is 6. The van der Waals surface area contributed by atoms with E-state index >= 15 is 0 Å². The van der Waals surface area contributed by atoms with Gasteiger partial charge in [0.25, 0.3) is 0 Å². The second-order valence-electron chi connectivity index (χ2n) is 9.01. The van der Waals surface area contributed by atoms with Gasteiger partial charge in [-0.1, -0.05) is 18.2 Å². The van der Waals surface area contributed by atoms with Gasteiger partial charge in [0.1, 0.15) is 0 Å². The Morgan fingerprint density at radius 2 is 1.68 bits per heavy atom. The van der Waals surface area contributed by atoms with E-state index < -0.39 is 10.0 Å². The summed E-state index contributed by atoms with van der Waals surface area (Å²) >= 11 is 0. The Morgan fingerprint density at radius 1 is 0.935 bits per heavy atom. The van der Waals surface area contributed by atoms with Gasteiger partial charge in [-0.15, -0.1) is 0 Å². The molecule has 0 amide bonds. The van der Waals surface area contributed by atoms with Crippen LogP contribution in [0.1, 0.15) is 28.3 Å². The number of aryl methyl sites for hydroxylation is 2. The average molecular weight is 443 g/mol. The van der Waals surface area contributed by atoms with E-state index in [1.807, 2.05) is 19.9 Å². The van der Waals surface area contributed by atoms with E-state index in [4.69, 9.17) is 0 Å². The van der Waals surface area contributed by atoms with Gasteiger partial charge in [0.15, 0.2) is 0 Å². The smallest absolute Gasteiger partial charge is 0.240 e. The van der Waals surface area contributed by atoms with Crippen LogP contribution in [-0.4, -0.2) is 71.6 Å². The van der Waals surface area contributed by atoms with Crippen LogP contribution in [0.15, 0.2) is 41.3 Å². The van der Waals surface area contributed by atoms with E-state index in [-0.39, 0.29) is 6.04 Å². The van der Waals surface area contributed by atoms with Crippen molar-refractivity contribution in [2.75, 3.05) is 58.3 Å². The maximum atomic E-state index is 13.1. The summed E-state index contributed by atoms with van der Waals surface area (Å²) in [6, 6.07) is 12.0. The molecule has 6 nitrogen and oxygen atoms in total. The second-order valence-corrected chi connectivity index (χ2v) is 10.8. The molecule has 2 heterocycles. The van der Waals surface area contributed by atoms with Crippen LogP contribution in [0.2, 0.25) is 0 Å². The second kappa shape index (κ2) is 8.90. The van der Waals surface area contributed by atoms with E-state index in [9.17, 15) is 8.42 Å². The summed E-state index contributed by atoms with van der Waals surface area (Å²) in [4.78, 5) is 7.36. The van der Waals surface area contributed by atoms with E-state index in [1.54, 1.807) is 12.1 Å². The molecule has 2 aromatic rings. The van der Waals surface area contributed by atoms with Gasteiger partial charge < -0.3 is 9.80 Å². The molecule has 0 spiro atoms. The van der Waals surface area contributed by atoms with Gasteiger partial charge in [0.2, 0.25) is 10.0 Å². The van der Waals surface area contributed by atoms with Crippen molar-refractivity contribution in [3.63, 3.8) is 0 Å². The fourth-order valence-electron chi connectivity index (χ4n) is 4.54. The maximum absolute atomic E-state index is 13.1. The van der Waals surface area contributed by atoms with E-state index in [2.05, 4.69) is 51.7 Å². The number of sulfonamides is 1. The first-order valence-corrected chi connectivity index (χ1v) is 12.6. The van der Waals surface area contributed by atoms with Crippen LogP contribution >= 0.6 is 0 Å². The minimum Gasteiger partial charge on any atom is -0.374 e. The monoisotopic (exact) mass is 442 g/mol. The molecule has 0 unspecified atom stereocenters. The normalized spacial score (nSPS) is 18.9. The molecule has 0 saturated carbocycles. The molecule has 31 heavy (non-hydrogen) atoms. The van der Waals surface area contributed by atoms with Crippen molar-refractivity contribution in [3.05, 3.63) is 58.7 Å². The van der Waals surface area contributed by atoms with Crippen molar-refractivity contribution in [2.45, 2.75) is 31.2 Å². The number of piperazine rings is 1. The highest BCUT2D eigenvalue weighted by Crippen LogP contribution is 2.31. The summed E-state index contributed by atoms with van der Waals surface area (Å²) in [6.07, 6.45) is 1.05. The van der Waals surface area contributed by atoms with Gasteiger partial charge in [-0.25, -0.2) is 13.1 Å². The Morgan fingerprint density at radius 3 is 2.39 bits per heavy atom. The lowest BCUT2D eigenvalue weighted by atomic mass is 10.0. The lowest BCUT2D eigenvalue weighted by Crippen LogP contribution is -2.48. The molecule has 168 valence electrons. The molecule has 2 aliphatic heterocycles. The molecule has 1 atom stereocenters. The summed E-state index contributed by atoms with van der Waals surface area (Å²) in [7, 11) is 0.697. The lowest BCUT2D eigenvalue weighted by Gasteiger charge is -2.38. The highest BCUT2D eigenvalue weighted by molar-refractivity contribution is 7.89. The van der Waals surface area contributed by atoms with Crippen molar-refractivity contribution in [1.29, 1.82) is 0 Å². The number of benzene rings is 2.